The number of amides is 2. The second-order valence-electron chi connectivity index (χ2n) is 10.1. The number of nitrogens with one attached hydrogen (secondary N) is 1. The SMILES string of the molecule is Cc1cc(C)c(N2CCSC2=NC(=O)NC(F)C(F)c2ccc(-c3ncn(-c4ccc(OC(F)(F)F)cc4)n3)cc2)c(C)c1. The Labute approximate surface area is 254 Å². The van der Waals surface area contributed by atoms with Crippen LogP contribution in [0.5, 0.6) is 5.75 Å². The molecular formula is C30H27F5N6O2S. The summed E-state index contributed by atoms with van der Waals surface area (Å²) in [6.07, 6.45) is -7.95. The standard InChI is InChI=1S/C30H27F5N6O2S/c1-17-14-18(2)25(19(3)15-17)40-12-13-44-29(40)38-28(42)37-26(32)24(31)20-4-6-21(7-5-20)27-36-16-41(39-27)22-8-10-23(11-9-22)43-30(33,34)35/h4-11,14-16,24,26H,12-13H2,1-3H3,(H,37,42). The Bertz CT molecular complexity index is 1650. The number of aryl methyl sites for hydroxylation is 3. The van der Waals surface area contributed by atoms with E-state index in [0.29, 0.717) is 28.7 Å². The van der Waals surface area contributed by atoms with Gasteiger partial charge in [-0.1, -0.05) is 53.7 Å². The Hall–Kier alpha value is -4.46. The van der Waals surface area contributed by atoms with Crippen molar-refractivity contribution in [2.75, 3.05) is 17.2 Å². The van der Waals surface area contributed by atoms with E-state index in [0.717, 1.165) is 34.5 Å². The van der Waals surface area contributed by atoms with Crippen LogP contribution in [0.25, 0.3) is 17.1 Å². The van der Waals surface area contributed by atoms with Crippen LogP contribution in [0.2, 0.25) is 0 Å². The van der Waals surface area contributed by atoms with Crippen molar-refractivity contribution in [3.05, 3.63) is 89.2 Å². The zero-order valence-electron chi connectivity index (χ0n) is 23.8. The molecule has 0 radical (unpaired) electrons. The van der Waals surface area contributed by atoms with Crippen molar-refractivity contribution < 1.29 is 31.5 Å². The van der Waals surface area contributed by atoms with E-state index in [1.807, 2.05) is 43.1 Å². The number of aromatic nitrogens is 3. The smallest absolute Gasteiger partial charge is 0.406 e. The molecule has 2 unspecified atom stereocenters. The molecule has 4 aromatic rings. The number of aliphatic imine (C=N–C) groups is 1. The van der Waals surface area contributed by atoms with E-state index >= 15 is 4.39 Å². The molecule has 2 atom stereocenters. The number of halogens is 5. The van der Waals surface area contributed by atoms with Gasteiger partial charge in [0.2, 0.25) is 6.30 Å². The van der Waals surface area contributed by atoms with Crippen LogP contribution < -0.4 is 15.0 Å². The van der Waals surface area contributed by atoms with Crippen LogP contribution in [0.4, 0.5) is 32.4 Å². The lowest BCUT2D eigenvalue weighted by Gasteiger charge is -2.23. The molecule has 3 aromatic carbocycles. The third-order valence-corrected chi connectivity index (χ3v) is 7.67. The molecule has 1 saturated heterocycles. The van der Waals surface area contributed by atoms with Gasteiger partial charge in [-0.05, 0) is 61.7 Å². The second kappa shape index (κ2) is 12.6. The molecule has 0 aliphatic carbocycles. The number of hydrogen-bond donors (Lipinski definition) is 1. The number of urea groups is 1. The lowest BCUT2D eigenvalue weighted by Crippen LogP contribution is -2.34. The first-order chi connectivity index (χ1) is 20.9. The summed E-state index contributed by atoms with van der Waals surface area (Å²) in [7, 11) is 0. The fourth-order valence-electron chi connectivity index (χ4n) is 4.92. The number of hydrogen-bond acceptors (Lipinski definition) is 5. The summed E-state index contributed by atoms with van der Waals surface area (Å²) in [6.45, 7) is 6.60. The molecular weight excluding hydrogens is 603 g/mol. The summed E-state index contributed by atoms with van der Waals surface area (Å²) in [5.41, 5.74) is 5.03. The maximum Gasteiger partial charge on any atom is 0.573 e. The van der Waals surface area contributed by atoms with Crippen LogP contribution in [-0.2, 0) is 0 Å². The van der Waals surface area contributed by atoms with Gasteiger partial charge in [-0.3, -0.25) is 0 Å². The van der Waals surface area contributed by atoms with E-state index in [1.165, 1.54) is 59.2 Å². The highest BCUT2D eigenvalue weighted by Crippen LogP contribution is 2.33. The van der Waals surface area contributed by atoms with Crippen molar-refractivity contribution in [2.24, 2.45) is 4.99 Å². The van der Waals surface area contributed by atoms with Crippen molar-refractivity contribution in [1.82, 2.24) is 20.1 Å². The van der Waals surface area contributed by atoms with Gasteiger partial charge in [0.1, 0.15) is 12.1 Å². The molecule has 5 rings (SSSR count). The average molecular weight is 631 g/mol. The molecule has 2 heterocycles. The minimum atomic E-state index is -4.80. The summed E-state index contributed by atoms with van der Waals surface area (Å²) in [5.74, 6) is 0.576. The van der Waals surface area contributed by atoms with Gasteiger partial charge in [-0.15, -0.1) is 18.3 Å². The molecule has 1 aliphatic heterocycles. The van der Waals surface area contributed by atoms with Crippen molar-refractivity contribution in [3.8, 4) is 22.8 Å². The Morgan fingerprint density at radius 3 is 2.32 bits per heavy atom. The summed E-state index contributed by atoms with van der Waals surface area (Å²) in [6, 6.07) is 13.8. The van der Waals surface area contributed by atoms with E-state index in [1.54, 1.807) is 0 Å². The molecule has 0 spiro atoms. The van der Waals surface area contributed by atoms with Gasteiger partial charge in [-0.25, -0.2) is 23.2 Å². The quantitative estimate of drug-likeness (QED) is 0.169. The molecule has 1 fully saturated rings. The topological polar surface area (TPSA) is 84.6 Å². The van der Waals surface area contributed by atoms with E-state index in [-0.39, 0.29) is 17.1 Å². The van der Waals surface area contributed by atoms with Gasteiger partial charge in [0.25, 0.3) is 0 Å². The third-order valence-electron chi connectivity index (χ3n) is 6.71. The zero-order valence-corrected chi connectivity index (χ0v) is 24.6. The fourth-order valence-corrected chi connectivity index (χ4v) is 5.86. The summed E-state index contributed by atoms with van der Waals surface area (Å²) < 4.78 is 72.2. The molecule has 0 saturated carbocycles. The highest BCUT2D eigenvalue weighted by atomic mass is 32.2. The van der Waals surface area contributed by atoms with E-state index in [4.69, 9.17) is 0 Å². The lowest BCUT2D eigenvalue weighted by atomic mass is 10.0. The Morgan fingerprint density at radius 2 is 1.68 bits per heavy atom. The van der Waals surface area contributed by atoms with Gasteiger partial charge in [0.15, 0.2) is 17.2 Å². The molecule has 1 aromatic heterocycles. The molecule has 1 aliphatic rings. The first-order valence-electron chi connectivity index (χ1n) is 13.4. The summed E-state index contributed by atoms with van der Waals surface area (Å²) in [5, 5.41) is 6.70. The van der Waals surface area contributed by atoms with E-state index in [9.17, 15) is 22.4 Å². The van der Waals surface area contributed by atoms with E-state index < -0.39 is 24.9 Å². The number of carbonyl (C=O) groups excluding carboxylic acids is 1. The number of rotatable bonds is 7. The molecule has 230 valence electrons. The normalized spacial score (nSPS) is 15.8. The average Bonchev–Trinajstić information content (AvgIpc) is 3.62. The second-order valence-corrected chi connectivity index (χ2v) is 11.1. The molecule has 1 N–H and O–H groups in total. The molecule has 0 bridgehead atoms. The van der Waals surface area contributed by atoms with Gasteiger partial charge < -0.3 is 15.0 Å². The van der Waals surface area contributed by atoms with E-state index in [2.05, 4.69) is 19.8 Å². The Kier molecular flexibility index (Phi) is 8.90. The zero-order chi connectivity index (χ0) is 31.6. The maximum atomic E-state index is 15.0. The molecule has 8 nitrogen and oxygen atoms in total. The number of alkyl halides is 5. The molecule has 44 heavy (non-hydrogen) atoms. The summed E-state index contributed by atoms with van der Waals surface area (Å²) >= 11 is 1.37. The van der Waals surface area contributed by atoms with Crippen molar-refractivity contribution in [1.29, 1.82) is 0 Å². The van der Waals surface area contributed by atoms with Crippen LogP contribution in [0.1, 0.15) is 28.4 Å². The van der Waals surface area contributed by atoms with Crippen molar-refractivity contribution in [2.45, 2.75) is 39.6 Å². The largest absolute Gasteiger partial charge is 0.573 e. The van der Waals surface area contributed by atoms with Gasteiger partial charge in [0, 0.05) is 23.5 Å². The van der Waals surface area contributed by atoms with Crippen LogP contribution in [0.15, 0.2) is 72.0 Å². The van der Waals surface area contributed by atoms with Gasteiger partial charge >= 0.3 is 12.4 Å². The first-order valence-corrected chi connectivity index (χ1v) is 14.4. The van der Waals surface area contributed by atoms with Crippen molar-refractivity contribution >= 4 is 28.6 Å². The van der Waals surface area contributed by atoms with Gasteiger partial charge in [-0.2, -0.15) is 4.99 Å². The fraction of sp³-hybridized carbons (Fsp3) is 0.267. The highest BCUT2D eigenvalue weighted by molar-refractivity contribution is 8.14. The predicted molar refractivity (Wildman–Crippen MR) is 159 cm³/mol. The maximum absolute atomic E-state index is 15.0. The molecule has 2 amide bonds. The monoisotopic (exact) mass is 630 g/mol. The minimum Gasteiger partial charge on any atom is -0.406 e. The highest BCUT2D eigenvalue weighted by Gasteiger charge is 2.31. The molecule has 14 heteroatoms. The minimum absolute atomic E-state index is 0.0170. The van der Waals surface area contributed by atoms with Gasteiger partial charge in [0.05, 0.1) is 5.69 Å². The number of ether oxygens (including phenoxy) is 1. The lowest BCUT2D eigenvalue weighted by molar-refractivity contribution is -0.274. The van der Waals surface area contributed by atoms with Crippen LogP contribution in [-0.4, -0.2) is 50.9 Å². The number of benzene rings is 3. The van der Waals surface area contributed by atoms with Crippen LogP contribution in [0, 0.1) is 20.8 Å². The van der Waals surface area contributed by atoms with Crippen LogP contribution >= 0.6 is 11.8 Å². The number of amidine groups is 1. The van der Waals surface area contributed by atoms with Crippen molar-refractivity contribution in [3.63, 3.8) is 0 Å². The number of anilines is 1. The summed E-state index contributed by atoms with van der Waals surface area (Å²) in [4.78, 5) is 22.7. The number of thioether (sulfide) groups is 1. The number of nitrogens with zero attached hydrogens (tertiary/aromatic N) is 5. The van der Waals surface area contributed by atoms with Crippen LogP contribution in [0.3, 0.4) is 0 Å². The Morgan fingerprint density at radius 1 is 1.02 bits per heavy atom. The first kappa shape index (κ1) is 31.0. The third kappa shape index (κ3) is 7.18. The predicted octanol–water partition coefficient (Wildman–Crippen LogP) is 7.38. The number of carbonyl (C=O) groups is 1. The Balaban J connectivity index is 1.21.